The predicted molar refractivity (Wildman–Crippen MR) is 67.5 cm³/mol. The summed E-state index contributed by atoms with van der Waals surface area (Å²) in [7, 11) is -3.95. The van der Waals surface area contributed by atoms with Gasteiger partial charge in [-0.2, -0.15) is 4.72 Å². The molecule has 20 heavy (non-hydrogen) atoms. The van der Waals surface area contributed by atoms with Crippen LogP contribution in [0.5, 0.6) is 0 Å². The number of pyridine rings is 1. The fourth-order valence-electron chi connectivity index (χ4n) is 1.80. The van der Waals surface area contributed by atoms with Gasteiger partial charge in [0.05, 0.1) is 5.56 Å². The minimum absolute atomic E-state index is 0.112. The van der Waals surface area contributed by atoms with Crippen molar-refractivity contribution in [2.45, 2.75) is 23.9 Å². The molecule has 9 heteroatoms. The van der Waals surface area contributed by atoms with Gasteiger partial charge in [0.15, 0.2) is 5.03 Å². The highest BCUT2D eigenvalue weighted by molar-refractivity contribution is 7.89. The fraction of sp³-hybridized carbons (Fsp3) is 0.364. The molecule has 1 aromatic rings. The lowest BCUT2D eigenvalue weighted by molar-refractivity contribution is -0.124. The van der Waals surface area contributed by atoms with E-state index < -0.39 is 22.0 Å². The van der Waals surface area contributed by atoms with Crippen LogP contribution in [0.1, 0.15) is 23.2 Å². The number of nitrogens with zero attached hydrogens (tertiary/aromatic N) is 1. The Morgan fingerprint density at radius 1 is 1.45 bits per heavy atom. The molecule has 0 aliphatic carbocycles. The second-order valence-corrected chi connectivity index (χ2v) is 5.96. The molecule has 1 unspecified atom stereocenters. The molecular weight excluding hydrogens is 286 g/mol. The highest BCUT2D eigenvalue weighted by Crippen LogP contribution is 2.10. The molecule has 3 N–H and O–H groups in total. The van der Waals surface area contributed by atoms with E-state index in [1.807, 2.05) is 0 Å². The van der Waals surface area contributed by atoms with E-state index in [1.54, 1.807) is 0 Å². The number of carboxylic acid groups (broad SMARTS) is 1. The minimum atomic E-state index is -3.95. The number of nitrogens with one attached hydrogen (secondary N) is 2. The van der Waals surface area contributed by atoms with Crippen LogP contribution in [0.25, 0.3) is 0 Å². The van der Waals surface area contributed by atoms with Crippen LogP contribution in [0.3, 0.4) is 0 Å². The second kappa shape index (κ2) is 5.55. The van der Waals surface area contributed by atoms with Crippen molar-refractivity contribution in [1.82, 2.24) is 15.0 Å². The van der Waals surface area contributed by atoms with Crippen LogP contribution < -0.4 is 10.0 Å². The minimum Gasteiger partial charge on any atom is -0.478 e. The summed E-state index contributed by atoms with van der Waals surface area (Å²) in [5.74, 6) is -1.57. The Morgan fingerprint density at radius 2 is 2.20 bits per heavy atom. The maximum absolute atomic E-state index is 12.0. The number of carboxylic acids is 1. The summed E-state index contributed by atoms with van der Waals surface area (Å²) in [6, 6.07) is 1.41. The maximum atomic E-state index is 12.0. The first-order valence-electron chi connectivity index (χ1n) is 5.89. The van der Waals surface area contributed by atoms with Crippen molar-refractivity contribution < 1.29 is 23.1 Å². The third-order valence-electron chi connectivity index (χ3n) is 2.84. The molecule has 8 nitrogen and oxygen atoms in total. The van der Waals surface area contributed by atoms with Crippen LogP contribution in [0.4, 0.5) is 0 Å². The van der Waals surface area contributed by atoms with E-state index in [9.17, 15) is 18.0 Å². The number of aromatic nitrogens is 1. The molecule has 1 aliphatic heterocycles. The highest BCUT2D eigenvalue weighted by atomic mass is 32.2. The van der Waals surface area contributed by atoms with Crippen molar-refractivity contribution in [1.29, 1.82) is 0 Å². The molecule has 0 saturated carbocycles. The van der Waals surface area contributed by atoms with Crippen LogP contribution >= 0.6 is 0 Å². The van der Waals surface area contributed by atoms with Crippen LogP contribution in [-0.2, 0) is 14.8 Å². The molecule has 1 saturated heterocycles. The van der Waals surface area contributed by atoms with E-state index >= 15 is 0 Å². The first-order valence-corrected chi connectivity index (χ1v) is 7.38. The molecular formula is C11H13N3O5S. The number of hydrogen-bond donors (Lipinski definition) is 3. The summed E-state index contributed by atoms with van der Waals surface area (Å²) in [6.45, 7) is 0.530. The van der Waals surface area contributed by atoms with E-state index in [1.165, 1.54) is 0 Å². The van der Waals surface area contributed by atoms with Gasteiger partial charge in [0.2, 0.25) is 5.91 Å². The lowest BCUT2D eigenvalue weighted by Crippen LogP contribution is -2.50. The van der Waals surface area contributed by atoms with Gasteiger partial charge in [0, 0.05) is 12.7 Å². The van der Waals surface area contributed by atoms with Crippen molar-refractivity contribution in [3.05, 3.63) is 23.9 Å². The molecule has 2 heterocycles. The normalized spacial score (nSPS) is 19.4. The Bertz CT molecular complexity index is 626. The monoisotopic (exact) mass is 299 g/mol. The predicted octanol–water partition coefficient (Wildman–Crippen LogP) is -0.663. The largest absolute Gasteiger partial charge is 0.478 e. The van der Waals surface area contributed by atoms with E-state index in [0.717, 1.165) is 18.3 Å². The molecule has 1 fully saturated rings. The summed E-state index contributed by atoms with van der Waals surface area (Å²) in [5.41, 5.74) is -0.112. The number of hydrogen-bond acceptors (Lipinski definition) is 5. The number of carbonyl (C=O) groups is 2. The summed E-state index contributed by atoms with van der Waals surface area (Å²) in [6.07, 6.45) is 2.06. The van der Waals surface area contributed by atoms with Crippen molar-refractivity contribution in [2.75, 3.05) is 6.54 Å². The summed E-state index contributed by atoms with van der Waals surface area (Å²) < 4.78 is 26.3. The van der Waals surface area contributed by atoms with E-state index in [4.69, 9.17) is 5.11 Å². The number of amides is 1. The first kappa shape index (κ1) is 14.4. The Balaban J connectivity index is 2.17. The maximum Gasteiger partial charge on any atom is 0.337 e. The summed E-state index contributed by atoms with van der Waals surface area (Å²) >= 11 is 0. The summed E-state index contributed by atoms with van der Waals surface area (Å²) in [5, 5.41) is 11.0. The average molecular weight is 299 g/mol. The molecule has 1 aliphatic rings. The lowest BCUT2D eigenvalue weighted by atomic mass is 10.1. The quantitative estimate of drug-likeness (QED) is 0.677. The van der Waals surface area contributed by atoms with Crippen LogP contribution in [0.15, 0.2) is 23.4 Å². The van der Waals surface area contributed by atoms with Crippen molar-refractivity contribution in [3.8, 4) is 0 Å². The summed E-state index contributed by atoms with van der Waals surface area (Å²) in [4.78, 5) is 25.8. The van der Waals surface area contributed by atoms with Gasteiger partial charge in [-0.1, -0.05) is 0 Å². The van der Waals surface area contributed by atoms with Gasteiger partial charge in [-0.05, 0) is 25.0 Å². The zero-order chi connectivity index (χ0) is 14.8. The van der Waals surface area contributed by atoms with E-state index in [0.29, 0.717) is 19.4 Å². The third-order valence-corrected chi connectivity index (χ3v) is 4.23. The Morgan fingerprint density at radius 3 is 2.75 bits per heavy atom. The number of carbonyl (C=O) groups excluding carboxylic acids is 1. The molecule has 2 rings (SSSR count). The molecule has 1 atom stereocenters. The number of rotatable bonds is 4. The smallest absolute Gasteiger partial charge is 0.337 e. The van der Waals surface area contributed by atoms with Gasteiger partial charge >= 0.3 is 5.97 Å². The zero-order valence-corrected chi connectivity index (χ0v) is 11.2. The Kier molecular flexibility index (Phi) is 4.00. The van der Waals surface area contributed by atoms with Gasteiger partial charge < -0.3 is 10.4 Å². The van der Waals surface area contributed by atoms with Gasteiger partial charge in [0.25, 0.3) is 10.0 Å². The molecule has 0 spiro atoms. The zero-order valence-electron chi connectivity index (χ0n) is 10.4. The Labute approximate surface area is 115 Å². The molecule has 1 amide bonds. The van der Waals surface area contributed by atoms with Crippen LogP contribution in [0, 0.1) is 0 Å². The third kappa shape index (κ3) is 3.11. The standard InChI is InChI=1S/C11H13N3O5S/c15-10-8(2-1-5-12-10)14-20(18,19)9-4-3-7(6-13-9)11(16)17/h3-4,6,8,14H,1-2,5H2,(H,12,15)(H,16,17). The van der Waals surface area contributed by atoms with Gasteiger partial charge in [-0.3, -0.25) is 4.79 Å². The number of piperidine rings is 1. The molecule has 0 radical (unpaired) electrons. The van der Waals surface area contributed by atoms with Crippen molar-refractivity contribution in [2.24, 2.45) is 0 Å². The number of sulfonamides is 1. The topological polar surface area (TPSA) is 125 Å². The first-order chi connectivity index (χ1) is 9.40. The van der Waals surface area contributed by atoms with Crippen molar-refractivity contribution >= 4 is 21.9 Å². The van der Waals surface area contributed by atoms with E-state index in [-0.39, 0.29) is 16.5 Å². The van der Waals surface area contributed by atoms with E-state index in [2.05, 4.69) is 15.0 Å². The highest BCUT2D eigenvalue weighted by Gasteiger charge is 2.28. The molecule has 0 aromatic carbocycles. The molecule has 108 valence electrons. The molecule has 1 aromatic heterocycles. The van der Waals surface area contributed by atoms with Gasteiger partial charge in [0.1, 0.15) is 6.04 Å². The lowest BCUT2D eigenvalue weighted by Gasteiger charge is -2.22. The van der Waals surface area contributed by atoms with Crippen LogP contribution in [-0.4, -0.2) is 43.0 Å². The average Bonchev–Trinajstić information content (AvgIpc) is 2.41. The fourth-order valence-corrected chi connectivity index (χ4v) is 2.96. The number of aromatic carboxylic acids is 1. The Hall–Kier alpha value is -2.00. The molecule has 0 bridgehead atoms. The van der Waals surface area contributed by atoms with Crippen LogP contribution in [0.2, 0.25) is 0 Å². The SMILES string of the molecule is O=C(O)c1ccc(S(=O)(=O)NC2CCCNC2=O)nc1. The van der Waals surface area contributed by atoms with Crippen molar-refractivity contribution in [3.63, 3.8) is 0 Å². The van der Waals surface area contributed by atoms with Gasteiger partial charge in [-0.15, -0.1) is 0 Å². The van der Waals surface area contributed by atoms with Gasteiger partial charge in [-0.25, -0.2) is 18.2 Å². The second-order valence-electron chi connectivity index (χ2n) is 4.30.